The van der Waals surface area contributed by atoms with Gasteiger partial charge in [-0.2, -0.15) is 0 Å². The zero-order chi connectivity index (χ0) is 20.7. The van der Waals surface area contributed by atoms with Gasteiger partial charge in [0.15, 0.2) is 11.5 Å². The number of rotatable bonds is 3. The van der Waals surface area contributed by atoms with Crippen LogP contribution in [0.3, 0.4) is 0 Å². The molecule has 0 fully saturated rings. The fourth-order valence-electron chi connectivity index (χ4n) is 3.76. The Labute approximate surface area is 179 Å². The Morgan fingerprint density at radius 3 is 2.47 bits per heavy atom. The van der Waals surface area contributed by atoms with Gasteiger partial charge < -0.3 is 9.47 Å². The molecule has 8 heteroatoms. The molecular weight excluding hydrogens is 409 g/mol. The molecule has 6 nitrogen and oxygen atoms in total. The lowest BCUT2D eigenvalue weighted by Crippen LogP contribution is -2.41. The second-order valence-corrected chi connectivity index (χ2v) is 7.13. The molecule has 0 radical (unpaired) electrons. The van der Waals surface area contributed by atoms with E-state index in [-0.39, 0.29) is 29.8 Å². The van der Waals surface area contributed by atoms with Crippen molar-refractivity contribution in [3.05, 3.63) is 69.8 Å². The molecule has 0 spiro atoms. The number of nitrogens with zero attached hydrogens (tertiary/aromatic N) is 3. The van der Waals surface area contributed by atoms with Crippen LogP contribution < -0.4 is 20.7 Å². The molecule has 1 aliphatic rings. The predicted molar refractivity (Wildman–Crippen MR) is 115 cm³/mol. The lowest BCUT2D eigenvalue weighted by molar-refractivity contribution is 0.354. The Morgan fingerprint density at radius 1 is 1.10 bits per heavy atom. The van der Waals surface area contributed by atoms with E-state index in [2.05, 4.69) is 11.9 Å². The Morgan fingerprint density at radius 2 is 1.80 bits per heavy atom. The highest BCUT2D eigenvalue weighted by molar-refractivity contribution is 5.85. The summed E-state index contributed by atoms with van der Waals surface area (Å²) in [6.07, 6.45) is 0. The normalized spacial score (nSPS) is 15.1. The minimum absolute atomic E-state index is 0. The second kappa shape index (κ2) is 8.36. The number of fused-ring (bicyclic) bond motifs is 3. The van der Waals surface area contributed by atoms with Gasteiger partial charge in [0.2, 0.25) is 0 Å². The molecule has 3 aromatic rings. The van der Waals surface area contributed by atoms with Crippen molar-refractivity contribution in [3.8, 4) is 22.8 Å². The van der Waals surface area contributed by atoms with Crippen LogP contribution >= 0.6 is 12.4 Å². The third-order valence-corrected chi connectivity index (χ3v) is 5.29. The molecule has 0 saturated heterocycles. The Balaban J connectivity index is 0.00000256. The molecule has 0 bridgehead atoms. The van der Waals surface area contributed by atoms with Crippen molar-refractivity contribution in [2.45, 2.75) is 19.4 Å². The van der Waals surface area contributed by atoms with Crippen LogP contribution in [0.2, 0.25) is 0 Å². The molecule has 1 aromatic heterocycles. The largest absolute Gasteiger partial charge is 0.493 e. The van der Waals surface area contributed by atoms with Crippen LogP contribution in [0, 0.1) is 5.82 Å². The molecule has 1 aliphatic heterocycles. The maximum atomic E-state index is 13.6. The van der Waals surface area contributed by atoms with Gasteiger partial charge in [-0.15, -0.1) is 12.4 Å². The second-order valence-electron chi connectivity index (χ2n) is 7.13. The van der Waals surface area contributed by atoms with E-state index in [1.807, 2.05) is 18.2 Å². The van der Waals surface area contributed by atoms with E-state index in [1.54, 1.807) is 38.0 Å². The number of ether oxygens (including phenoxy) is 2. The third-order valence-electron chi connectivity index (χ3n) is 5.29. The van der Waals surface area contributed by atoms with E-state index < -0.39 is 0 Å². The van der Waals surface area contributed by atoms with Crippen molar-refractivity contribution in [2.24, 2.45) is 12.0 Å². The molecular formula is C22H23ClFN3O3. The standard InChI is InChI=1S/C22H22FN3O3.ClH/c1-13-12-26-18(17-10-20(29-4)19(28-3)9-16(13)17)11-21(25(2)22(26)27)24-15-7-5-6-14(23)8-15;/h5-11,13H,12H2,1-4H3;1H. The molecule has 0 amide bonds. The average molecular weight is 432 g/mol. The maximum absolute atomic E-state index is 13.6. The molecule has 2 heterocycles. The maximum Gasteiger partial charge on any atom is 0.329 e. The van der Waals surface area contributed by atoms with E-state index >= 15 is 0 Å². The zero-order valence-corrected chi connectivity index (χ0v) is 18.0. The highest BCUT2D eigenvalue weighted by Crippen LogP contribution is 2.41. The first-order valence-corrected chi connectivity index (χ1v) is 9.30. The van der Waals surface area contributed by atoms with Gasteiger partial charge in [0.1, 0.15) is 11.3 Å². The van der Waals surface area contributed by atoms with Crippen LogP contribution in [0.15, 0.2) is 52.3 Å². The third kappa shape index (κ3) is 3.61. The highest BCUT2D eigenvalue weighted by atomic mass is 35.5. The quantitative estimate of drug-likeness (QED) is 0.634. The Bertz CT molecular complexity index is 1230. The van der Waals surface area contributed by atoms with Crippen LogP contribution in [0.25, 0.3) is 11.3 Å². The summed E-state index contributed by atoms with van der Waals surface area (Å²) in [5, 5.41) is 0. The van der Waals surface area contributed by atoms with Crippen molar-refractivity contribution in [2.75, 3.05) is 14.2 Å². The van der Waals surface area contributed by atoms with E-state index in [1.165, 1.54) is 16.7 Å². The average Bonchev–Trinajstić information content (AvgIpc) is 2.72. The SMILES string of the molecule is COc1cc2c(cc1OC)C(C)Cn1c-2cc(=Nc2cccc(F)c2)n(C)c1=O.Cl. The minimum Gasteiger partial charge on any atom is -0.493 e. The first-order valence-electron chi connectivity index (χ1n) is 9.30. The van der Waals surface area contributed by atoms with Crippen LogP contribution in [-0.2, 0) is 13.6 Å². The highest BCUT2D eigenvalue weighted by Gasteiger charge is 2.26. The summed E-state index contributed by atoms with van der Waals surface area (Å²) in [5.41, 5.74) is 3.44. The molecule has 4 rings (SSSR count). The molecule has 0 saturated carbocycles. The van der Waals surface area contributed by atoms with Crippen molar-refractivity contribution in [3.63, 3.8) is 0 Å². The van der Waals surface area contributed by atoms with Gasteiger partial charge >= 0.3 is 5.69 Å². The molecule has 30 heavy (non-hydrogen) atoms. The van der Waals surface area contributed by atoms with Crippen molar-refractivity contribution >= 4 is 18.1 Å². The fourth-order valence-corrected chi connectivity index (χ4v) is 3.76. The van der Waals surface area contributed by atoms with Gasteiger partial charge in [-0.05, 0) is 35.9 Å². The van der Waals surface area contributed by atoms with E-state index in [0.717, 1.165) is 16.8 Å². The summed E-state index contributed by atoms with van der Waals surface area (Å²) in [5.74, 6) is 0.997. The molecule has 158 valence electrons. The van der Waals surface area contributed by atoms with Crippen LogP contribution in [0.4, 0.5) is 10.1 Å². The number of methoxy groups -OCH3 is 2. The lowest BCUT2D eigenvalue weighted by Gasteiger charge is -2.28. The topological polar surface area (TPSA) is 57.8 Å². The number of halogens is 2. The fraction of sp³-hybridized carbons (Fsp3) is 0.273. The lowest BCUT2D eigenvalue weighted by atomic mass is 9.89. The molecule has 1 unspecified atom stereocenters. The van der Waals surface area contributed by atoms with E-state index in [9.17, 15) is 9.18 Å². The summed E-state index contributed by atoms with van der Waals surface area (Å²) in [7, 11) is 4.86. The van der Waals surface area contributed by atoms with Gasteiger partial charge in [0, 0.05) is 31.1 Å². The van der Waals surface area contributed by atoms with Gasteiger partial charge in [-0.1, -0.05) is 13.0 Å². The van der Waals surface area contributed by atoms with Crippen molar-refractivity contribution in [1.82, 2.24) is 9.13 Å². The summed E-state index contributed by atoms with van der Waals surface area (Å²) < 4.78 is 27.7. The smallest absolute Gasteiger partial charge is 0.329 e. The first kappa shape index (κ1) is 21.6. The van der Waals surface area contributed by atoms with Crippen LogP contribution in [0.5, 0.6) is 11.5 Å². The number of aromatic nitrogens is 2. The van der Waals surface area contributed by atoms with Crippen molar-refractivity contribution < 1.29 is 13.9 Å². The van der Waals surface area contributed by atoms with Crippen LogP contribution in [-0.4, -0.2) is 23.4 Å². The van der Waals surface area contributed by atoms with Gasteiger partial charge in [-0.3, -0.25) is 9.13 Å². The summed E-state index contributed by atoms with van der Waals surface area (Å²) in [6, 6.07) is 11.7. The van der Waals surface area contributed by atoms with Gasteiger partial charge in [0.25, 0.3) is 0 Å². The predicted octanol–water partition coefficient (Wildman–Crippen LogP) is 3.78. The molecule has 2 aromatic carbocycles. The molecule has 1 atom stereocenters. The zero-order valence-electron chi connectivity index (χ0n) is 17.2. The first-order chi connectivity index (χ1) is 13.9. The Hall–Kier alpha value is -3.06. The molecule has 0 N–H and O–H groups in total. The summed E-state index contributed by atoms with van der Waals surface area (Å²) in [4.78, 5) is 17.6. The van der Waals surface area contributed by atoms with E-state index in [4.69, 9.17) is 9.47 Å². The summed E-state index contributed by atoms with van der Waals surface area (Å²) in [6.45, 7) is 2.62. The van der Waals surface area contributed by atoms with Gasteiger partial charge in [0.05, 0.1) is 25.6 Å². The van der Waals surface area contributed by atoms with E-state index in [0.29, 0.717) is 29.2 Å². The molecule has 0 aliphatic carbocycles. The number of hydrogen-bond donors (Lipinski definition) is 0. The van der Waals surface area contributed by atoms with Crippen LogP contribution in [0.1, 0.15) is 18.4 Å². The Kier molecular flexibility index (Phi) is 6.03. The monoisotopic (exact) mass is 431 g/mol. The number of hydrogen-bond acceptors (Lipinski definition) is 4. The summed E-state index contributed by atoms with van der Waals surface area (Å²) >= 11 is 0. The van der Waals surface area contributed by atoms with Crippen molar-refractivity contribution in [1.29, 1.82) is 0 Å². The minimum atomic E-state index is -0.375. The van der Waals surface area contributed by atoms with Gasteiger partial charge in [-0.25, -0.2) is 14.2 Å². The number of benzene rings is 2.